The molecule has 4 rings (SSSR count). The highest BCUT2D eigenvalue weighted by Crippen LogP contribution is 2.41. The van der Waals surface area contributed by atoms with Crippen molar-refractivity contribution in [2.45, 2.75) is 38.5 Å². The van der Waals surface area contributed by atoms with E-state index >= 15 is 0 Å². The van der Waals surface area contributed by atoms with Gasteiger partial charge in [-0.15, -0.1) is 0 Å². The fourth-order valence-corrected chi connectivity index (χ4v) is 3.85. The number of rotatable bonds is 3. The molecular formula is C21H19F4NO. The minimum absolute atomic E-state index is 0.106. The number of hydrogen-bond donors (Lipinski definition) is 1. The van der Waals surface area contributed by atoms with Crippen LogP contribution in [-0.2, 0) is 17.3 Å². The molecule has 142 valence electrons. The molecular weight excluding hydrogens is 358 g/mol. The summed E-state index contributed by atoms with van der Waals surface area (Å²) in [5.41, 5.74) is 2.95. The maximum Gasteiger partial charge on any atom is 0.416 e. The molecule has 0 amide bonds. The van der Waals surface area contributed by atoms with E-state index in [4.69, 9.17) is 4.74 Å². The number of aromatic nitrogens is 1. The molecule has 0 aliphatic carbocycles. The predicted octanol–water partition coefficient (Wildman–Crippen LogP) is 6.41. The number of fused-ring (bicyclic) bond motifs is 3. The molecule has 1 aromatic heterocycles. The Kier molecular flexibility index (Phi) is 4.46. The van der Waals surface area contributed by atoms with Crippen molar-refractivity contribution in [3.05, 3.63) is 59.0 Å². The predicted molar refractivity (Wildman–Crippen MR) is 96.0 cm³/mol. The lowest BCUT2D eigenvalue weighted by atomic mass is 9.94. The molecule has 1 N–H and O–H groups in total. The van der Waals surface area contributed by atoms with Crippen molar-refractivity contribution in [2.75, 3.05) is 6.61 Å². The van der Waals surface area contributed by atoms with Gasteiger partial charge in [0.2, 0.25) is 0 Å². The second kappa shape index (κ2) is 6.68. The number of ether oxygens (including phenoxy) is 1. The number of H-pyrrole nitrogens is 1. The van der Waals surface area contributed by atoms with Crippen LogP contribution in [0.4, 0.5) is 17.6 Å². The van der Waals surface area contributed by atoms with Crippen LogP contribution in [0.3, 0.4) is 0 Å². The third-order valence-electron chi connectivity index (χ3n) is 5.11. The van der Waals surface area contributed by atoms with Gasteiger partial charge in [-0.3, -0.25) is 0 Å². The van der Waals surface area contributed by atoms with Crippen LogP contribution in [0.25, 0.3) is 22.0 Å². The van der Waals surface area contributed by atoms with Gasteiger partial charge < -0.3 is 9.72 Å². The third kappa shape index (κ3) is 3.12. The highest BCUT2D eigenvalue weighted by Gasteiger charge is 2.30. The van der Waals surface area contributed by atoms with Gasteiger partial charge in [0.15, 0.2) is 0 Å². The Hall–Kier alpha value is -2.34. The molecule has 2 aromatic carbocycles. The second-order valence-corrected chi connectivity index (χ2v) is 6.84. The Balaban J connectivity index is 1.88. The Labute approximate surface area is 154 Å². The summed E-state index contributed by atoms with van der Waals surface area (Å²) in [4.78, 5) is 3.19. The lowest BCUT2D eigenvalue weighted by Gasteiger charge is -2.23. The Morgan fingerprint density at radius 2 is 1.85 bits per heavy atom. The first kappa shape index (κ1) is 18.0. The molecule has 0 saturated carbocycles. The molecule has 0 bridgehead atoms. The number of halogens is 4. The first-order valence-electron chi connectivity index (χ1n) is 9.02. The first-order chi connectivity index (χ1) is 12.9. The number of alkyl halides is 3. The van der Waals surface area contributed by atoms with Gasteiger partial charge in [-0.1, -0.05) is 31.5 Å². The largest absolute Gasteiger partial charge is 0.416 e. The van der Waals surface area contributed by atoms with Gasteiger partial charge in [0.25, 0.3) is 0 Å². The Bertz CT molecular complexity index is 972. The van der Waals surface area contributed by atoms with Crippen LogP contribution in [0.1, 0.15) is 42.7 Å². The van der Waals surface area contributed by atoms with E-state index in [9.17, 15) is 17.6 Å². The molecule has 1 aliphatic heterocycles. The number of nitrogens with one attached hydrogen (secondary N) is 1. The summed E-state index contributed by atoms with van der Waals surface area (Å²) < 4.78 is 58.9. The average molecular weight is 377 g/mol. The van der Waals surface area contributed by atoms with Gasteiger partial charge in [-0.25, -0.2) is 4.39 Å². The monoisotopic (exact) mass is 377 g/mol. The molecule has 1 unspecified atom stereocenters. The van der Waals surface area contributed by atoms with E-state index < -0.39 is 11.7 Å². The smallest absolute Gasteiger partial charge is 0.372 e. The van der Waals surface area contributed by atoms with Gasteiger partial charge in [0.05, 0.1) is 23.8 Å². The van der Waals surface area contributed by atoms with Crippen LogP contribution in [0.15, 0.2) is 36.4 Å². The van der Waals surface area contributed by atoms with E-state index in [2.05, 4.69) is 11.9 Å². The summed E-state index contributed by atoms with van der Waals surface area (Å²) in [6.45, 7) is 2.61. The molecule has 0 radical (unpaired) electrons. The molecule has 1 atom stereocenters. The van der Waals surface area contributed by atoms with Crippen LogP contribution in [0, 0.1) is 5.82 Å². The SMILES string of the molecule is CCCC1OCCc2c1[nH]c1c(F)ccc(-c3ccc(C(F)(F)F)cc3)c21. The summed E-state index contributed by atoms with van der Waals surface area (Å²) in [6, 6.07) is 8.00. The van der Waals surface area contributed by atoms with Crippen LogP contribution in [-0.4, -0.2) is 11.6 Å². The fourth-order valence-electron chi connectivity index (χ4n) is 3.85. The molecule has 0 spiro atoms. The second-order valence-electron chi connectivity index (χ2n) is 6.84. The van der Waals surface area contributed by atoms with E-state index in [1.165, 1.54) is 18.2 Å². The van der Waals surface area contributed by atoms with Crippen molar-refractivity contribution >= 4 is 10.9 Å². The van der Waals surface area contributed by atoms with Crippen molar-refractivity contribution in [2.24, 2.45) is 0 Å². The minimum Gasteiger partial charge on any atom is -0.372 e. The minimum atomic E-state index is -4.38. The van der Waals surface area contributed by atoms with Gasteiger partial charge in [0, 0.05) is 11.1 Å². The van der Waals surface area contributed by atoms with E-state index in [0.717, 1.165) is 47.2 Å². The van der Waals surface area contributed by atoms with Crippen molar-refractivity contribution in [3.63, 3.8) is 0 Å². The van der Waals surface area contributed by atoms with Crippen molar-refractivity contribution in [3.8, 4) is 11.1 Å². The average Bonchev–Trinajstić information content (AvgIpc) is 3.04. The number of aromatic amines is 1. The molecule has 2 heterocycles. The standard InChI is InChI=1S/C21H19F4NO/c1-2-3-17-19-15(10-11-27-17)18-14(8-9-16(22)20(18)26-19)12-4-6-13(7-5-12)21(23,24)25/h4-9,17,26H,2-3,10-11H2,1H3. The van der Waals surface area contributed by atoms with Gasteiger partial charge >= 0.3 is 6.18 Å². The third-order valence-corrected chi connectivity index (χ3v) is 5.11. The zero-order valence-corrected chi connectivity index (χ0v) is 14.8. The van der Waals surface area contributed by atoms with Gasteiger partial charge in [0.1, 0.15) is 5.82 Å². The summed E-state index contributed by atoms with van der Waals surface area (Å²) in [7, 11) is 0. The van der Waals surface area contributed by atoms with Gasteiger partial charge in [-0.2, -0.15) is 13.2 Å². The van der Waals surface area contributed by atoms with Crippen molar-refractivity contribution in [1.82, 2.24) is 4.98 Å². The van der Waals surface area contributed by atoms with Crippen LogP contribution < -0.4 is 0 Å². The van der Waals surface area contributed by atoms with Crippen LogP contribution in [0.5, 0.6) is 0 Å². The fraction of sp³-hybridized carbons (Fsp3) is 0.333. The highest BCUT2D eigenvalue weighted by molar-refractivity contribution is 5.99. The van der Waals surface area contributed by atoms with E-state index in [1.54, 1.807) is 6.07 Å². The molecule has 27 heavy (non-hydrogen) atoms. The summed E-state index contributed by atoms with van der Waals surface area (Å²) in [5.74, 6) is -0.370. The molecule has 2 nitrogen and oxygen atoms in total. The van der Waals surface area contributed by atoms with Crippen molar-refractivity contribution < 1.29 is 22.3 Å². The lowest BCUT2D eigenvalue weighted by molar-refractivity contribution is -0.137. The normalized spacial score (nSPS) is 17.3. The molecule has 6 heteroatoms. The quantitative estimate of drug-likeness (QED) is 0.525. The van der Waals surface area contributed by atoms with E-state index in [0.29, 0.717) is 24.1 Å². The Morgan fingerprint density at radius 1 is 1.11 bits per heavy atom. The maximum absolute atomic E-state index is 14.5. The number of benzene rings is 2. The Morgan fingerprint density at radius 3 is 2.52 bits per heavy atom. The molecule has 1 aliphatic rings. The molecule has 3 aromatic rings. The zero-order valence-electron chi connectivity index (χ0n) is 14.8. The van der Waals surface area contributed by atoms with E-state index in [-0.39, 0.29) is 11.9 Å². The van der Waals surface area contributed by atoms with E-state index in [1.807, 2.05) is 0 Å². The van der Waals surface area contributed by atoms with Crippen LogP contribution >= 0.6 is 0 Å². The summed E-state index contributed by atoms with van der Waals surface area (Å²) in [5, 5.41) is 0.745. The summed E-state index contributed by atoms with van der Waals surface area (Å²) >= 11 is 0. The van der Waals surface area contributed by atoms with Crippen LogP contribution in [0.2, 0.25) is 0 Å². The summed E-state index contributed by atoms with van der Waals surface area (Å²) in [6.07, 6.45) is -2.07. The number of hydrogen-bond acceptors (Lipinski definition) is 1. The molecule has 0 saturated heterocycles. The first-order valence-corrected chi connectivity index (χ1v) is 9.02. The highest BCUT2D eigenvalue weighted by atomic mass is 19.4. The lowest BCUT2D eigenvalue weighted by Crippen LogP contribution is -2.15. The topological polar surface area (TPSA) is 25.0 Å². The maximum atomic E-state index is 14.5. The van der Waals surface area contributed by atoms with Crippen molar-refractivity contribution in [1.29, 1.82) is 0 Å². The molecule has 0 fully saturated rings. The zero-order chi connectivity index (χ0) is 19.2. The van der Waals surface area contributed by atoms with Gasteiger partial charge in [-0.05, 0) is 47.7 Å².